The highest BCUT2D eigenvalue weighted by molar-refractivity contribution is 5.75. The molecule has 1 aliphatic rings. The topological polar surface area (TPSA) is 61.4 Å². The van der Waals surface area contributed by atoms with Crippen molar-refractivity contribution < 1.29 is 4.79 Å². The van der Waals surface area contributed by atoms with Gasteiger partial charge in [0.15, 0.2) is 0 Å². The molecule has 0 radical (unpaired) electrons. The van der Waals surface area contributed by atoms with Crippen LogP contribution in [0.15, 0.2) is 18.6 Å². The largest absolute Gasteiger partial charge is 0.332 e. The van der Waals surface area contributed by atoms with Gasteiger partial charge in [-0.25, -0.2) is 14.8 Å². The first-order valence-electron chi connectivity index (χ1n) is 8.92. The number of nitrogens with one attached hydrogen (secondary N) is 1. The van der Waals surface area contributed by atoms with Gasteiger partial charge in [0.1, 0.15) is 6.33 Å². The smallest absolute Gasteiger partial charge is 0.318 e. The van der Waals surface area contributed by atoms with Crippen LogP contribution in [0, 0.1) is 0 Å². The van der Waals surface area contributed by atoms with Crippen LogP contribution in [-0.4, -0.2) is 58.0 Å². The van der Waals surface area contributed by atoms with Crippen LogP contribution in [0.1, 0.15) is 58.2 Å². The number of hydrogen-bond donors (Lipinski definition) is 1. The Morgan fingerprint density at radius 2 is 2.00 bits per heavy atom. The molecular weight excluding hydrogens is 302 g/mol. The zero-order chi connectivity index (χ0) is 17.6. The lowest BCUT2D eigenvalue weighted by Gasteiger charge is -2.35. The van der Waals surface area contributed by atoms with Gasteiger partial charge in [-0.2, -0.15) is 0 Å². The van der Waals surface area contributed by atoms with E-state index in [0.29, 0.717) is 0 Å². The first kappa shape index (κ1) is 18.6. The van der Waals surface area contributed by atoms with Crippen molar-refractivity contribution >= 4 is 6.03 Å². The molecule has 1 aromatic rings. The van der Waals surface area contributed by atoms with Gasteiger partial charge in [-0.1, -0.05) is 12.8 Å². The third kappa shape index (κ3) is 5.44. The van der Waals surface area contributed by atoms with E-state index >= 15 is 0 Å². The summed E-state index contributed by atoms with van der Waals surface area (Å²) in [7, 11) is 1.81. The van der Waals surface area contributed by atoms with Crippen molar-refractivity contribution in [2.45, 2.75) is 58.0 Å². The molecule has 134 valence electrons. The van der Waals surface area contributed by atoms with E-state index in [0.717, 1.165) is 25.3 Å². The Bertz CT molecular complexity index is 511. The number of carbonyl (C=O) groups excluding carboxylic acids is 1. The predicted molar refractivity (Wildman–Crippen MR) is 95.7 cm³/mol. The third-order valence-corrected chi connectivity index (χ3v) is 4.70. The molecule has 1 N–H and O–H groups in total. The Morgan fingerprint density at radius 1 is 1.33 bits per heavy atom. The molecule has 2 amide bonds. The lowest BCUT2D eigenvalue weighted by Crippen LogP contribution is -2.55. The van der Waals surface area contributed by atoms with Crippen LogP contribution >= 0.6 is 0 Å². The monoisotopic (exact) mass is 333 g/mol. The van der Waals surface area contributed by atoms with Gasteiger partial charge in [-0.15, -0.1) is 0 Å². The molecular formula is C18H31N5O. The maximum absolute atomic E-state index is 12.6. The molecule has 0 spiro atoms. The Morgan fingerprint density at radius 3 is 2.58 bits per heavy atom. The number of aromatic nitrogens is 2. The zero-order valence-corrected chi connectivity index (χ0v) is 15.5. The second-order valence-electron chi connectivity index (χ2n) is 7.43. The fraction of sp³-hybridized carbons (Fsp3) is 0.722. The number of carbonyl (C=O) groups is 1. The lowest BCUT2D eigenvalue weighted by molar-refractivity contribution is 0.165. The number of urea groups is 1. The summed E-state index contributed by atoms with van der Waals surface area (Å²) in [5.74, 6) is 0. The van der Waals surface area contributed by atoms with Gasteiger partial charge < -0.3 is 15.1 Å². The molecule has 1 atom stereocenters. The van der Waals surface area contributed by atoms with Gasteiger partial charge in [-0.05, 0) is 52.8 Å². The standard InChI is InChI=1S/C18H31N5O/c1-15(16-9-10-19-14-20-16)22(4)17(24)21-18(2,3)13-23-11-7-5-6-8-12-23/h9-10,14-15H,5-8,11-13H2,1-4H3,(H,21,24)/t15-/m0/s1. The molecule has 0 saturated carbocycles. The van der Waals surface area contributed by atoms with Gasteiger partial charge in [-0.3, -0.25) is 0 Å². The van der Waals surface area contributed by atoms with Crippen molar-refractivity contribution in [3.63, 3.8) is 0 Å². The summed E-state index contributed by atoms with van der Waals surface area (Å²) >= 11 is 0. The van der Waals surface area contributed by atoms with Crippen molar-refractivity contribution in [3.8, 4) is 0 Å². The first-order valence-corrected chi connectivity index (χ1v) is 8.92. The lowest BCUT2D eigenvalue weighted by atomic mass is 10.0. The highest BCUT2D eigenvalue weighted by atomic mass is 16.2. The van der Waals surface area contributed by atoms with Gasteiger partial charge in [0, 0.05) is 25.3 Å². The van der Waals surface area contributed by atoms with Gasteiger partial charge in [0.25, 0.3) is 0 Å². The van der Waals surface area contributed by atoms with Crippen LogP contribution in [0.4, 0.5) is 4.79 Å². The number of amides is 2. The second-order valence-corrected chi connectivity index (χ2v) is 7.43. The molecule has 1 saturated heterocycles. The highest BCUT2D eigenvalue weighted by Gasteiger charge is 2.27. The van der Waals surface area contributed by atoms with Crippen molar-refractivity contribution in [1.29, 1.82) is 0 Å². The second kappa shape index (κ2) is 8.42. The van der Waals surface area contributed by atoms with Crippen molar-refractivity contribution in [2.24, 2.45) is 0 Å². The predicted octanol–water partition coefficient (Wildman–Crippen LogP) is 2.83. The molecule has 2 heterocycles. The van der Waals surface area contributed by atoms with Gasteiger partial charge in [0.05, 0.1) is 11.7 Å². The van der Waals surface area contributed by atoms with Gasteiger partial charge >= 0.3 is 6.03 Å². The summed E-state index contributed by atoms with van der Waals surface area (Å²) in [6, 6.07) is 1.68. The minimum absolute atomic E-state index is 0.0686. The Labute approximate surface area is 145 Å². The van der Waals surface area contributed by atoms with E-state index in [2.05, 4.69) is 34.0 Å². The SMILES string of the molecule is C[C@@H](c1ccncn1)N(C)C(=O)NC(C)(C)CN1CCCCCC1. The van der Waals surface area contributed by atoms with E-state index in [9.17, 15) is 4.79 Å². The normalized spacial score (nSPS) is 17.8. The molecule has 0 aromatic carbocycles. The summed E-state index contributed by atoms with van der Waals surface area (Å²) in [5.41, 5.74) is 0.578. The zero-order valence-electron chi connectivity index (χ0n) is 15.5. The highest BCUT2D eigenvalue weighted by Crippen LogP contribution is 2.17. The average Bonchev–Trinajstić information content (AvgIpc) is 2.81. The summed E-state index contributed by atoms with van der Waals surface area (Å²) in [6.45, 7) is 9.31. The summed E-state index contributed by atoms with van der Waals surface area (Å²) < 4.78 is 0. The minimum Gasteiger partial charge on any atom is -0.332 e. The van der Waals surface area contributed by atoms with Crippen LogP contribution < -0.4 is 5.32 Å². The van der Waals surface area contributed by atoms with E-state index in [-0.39, 0.29) is 17.6 Å². The van der Waals surface area contributed by atoms with Crippen molar-refractivity contribution in [1.82, 2.24) is 25.1 Å². The molecule has 0 aliphatic carbocycles. The molecule has 24 heavy (non-hydrogen) atoms. The van der Waals surface area contributed by atoms with E-state index in [4.69, 9.17) is 0 Å². The summed E-state index contributed by atoms with van der Waals surface area (Å²) in [4.78, 5) is 25.0. The maximum Gasteiger partial charge on any atom is 0.318 e. The fourth-order valence-corrected chi connectivity index (χ4v) is 3.19. The van der Waals surface area contributed by atoms with Crippen LogP contribution in [-0.2, 0) is 0 Å². The van der Waals surface area contributed by atoms with E-state index in [1.165, 1.54) is 32.0 Å². The molecule has 1 fully saturated rings. The summed E-state index contributed by atoms with van der Waals surface area (Å²) in [5, 5.41) is 3.18. The van der Waals surface area contributed by atoms with E-state index in [1.54, 1.807) is 11.1 Å². The molecule has 6 nitrogen and oxygen atoms in total. The number of hydrogen-bond acceptors (Lipinski definition) is 4. The third-order valence-electron chi connectivity index (χ3n) is 4.70. The van der Waals surface area contributed by atoms with Crippen LogP contribution in [0.5, 0.6) is 0 Å². The van der Waals surface area contributed by atoms with E-state index in [1.807, 2.05) is 20.0 Å². The number of rotatable bonds is 5. The van der Waals surface area contributed by atoms with Crippen LogP contribution in [0.25, 0.3) is 0 Å². The quantitative estimate of drug-likeness (QED) is 0.900. The average molecular weight is 333 g/mol. The molecule has 6 heteroatoms. The van der Waals surface area contributed by atoms with Crippen molar-refractivity contribution in [2.75, 3.05) is 26.7 Å². The Balaban J connectivity index is 1.91. The van der Waals surface area contributed by atoms with Gasteiger partial charge in [0.2, 0.25) is 0 Å². The molecule has 2 rings (SSSR count). The Hall–Kier alpha value is -1.69. The van der Waals surface area contributed by atoms with Crippen molar-refractivity contribution in [3.05, 3.63) is 24.3 Å². The van der Waals surface area contributed by atoms with Crippen LogP contribution in [0.3, 0.4) is 0 Å². The van der Waals surface area contributed by atoms with Crippen LogP contribution in [0.2, 0.25) is 0 Å². The molecule has 1 aliphatic heterocycles. The molecule has 0 unspecified atom stereocenters. The molecule has 1 aromatic heterocycles. The fourth-order valence-electron chi connectivity index (χ4n) is 3.19. The van der Waals surface area contributed by atoms with E-state index < -0.39 is 0 Å². The minimum atomic E-state index is -0.263. The number of nitrogens with zero attached hydrogens (tertiary/aromatic N) is 4. The first-order chi connectivity index (χ1) is 11.4. The molecule has 0 bridgehead atoms. The maximum atomic E-state index is 12.6. The summed E-state index contributed by atoms with van der Waals surface area (Å²) in [6.07, 6.45) is 8.38. The Kier molecular flexibility index (Phi) is 6.54. The number of likely N-dealkylation sites (tertiary alicyclic amines) is 1.